The molecule has 17 heavy (non-hydrogen) atoms. The molecule has 1 aliphatic heterocycles. The molecular formula is C13H28N2O2. The summed E-state index contributed by atoms with van der Waals surface area (Å²) in [5.41, 5.74) is 0.370. The SMILES string of the molecule is CCC1CN(C)CCO1.CNC1(COC)CC1. The molecule has 1 saturated carbocycles. The van der Waals surface area contributed by atoms with Gasteiger partial charge < -0.3 is 19.7 Å². The van der Waals surface area contributed by atoms with Gasteiger partial charge in [-0.1, -0.05) is 6.92 Å². The lowest BCUT2D eigenvalue weighted by Gasteiger charge is -2.29. The summed E-state index contributed by atoms with van der Waals surface area (Å²) in [4.78, 5) is 2.32. The van der Waals surface area contributed by atoms with Crippen LogP contribution in [0.2, 0.25) is 0 Å². The smallest absolute Gasteiger partial charge is 0.0699 e. The Kier molecular flexibility index (Phi) is 6.41. The zero-order valence-electron chi connectivity index (χ0n) is 11.8. The third-order valence-corrected chi connectivity index (χ3v) is 3.60. The molecule has 1 unspecified atom stereocenters. The summed E-state index contributed by atoms with van der Waals surface area (Å²) < 4.78 is 10.5. The molecular weight excluding hydrogens is 216 g/mol. The molecule has 102 valence electrons. The zero-order valence-corrected chi connectivity index (χ0v) is 11.8. The molecule has 1 aliphatic carbocycles. The molecule has 0 aromatic heterocycles. The fraction of sp³-hybridized carbons (Fsp3) is 1.00. The highest BCUT2D eigenvalue weighted by atomic mass is 16.5. The van der Waals surface area contributed by atoms with Crippen LogP contribution in [0.15, 0.2) is 0 Å². The monoisotopic (exact) mass is 244 g/mol. The van der Waals surface area contributed by atoms with Gasteiger partial charge in [-0.25, -0.2) is 0 Å². The van der Waals surface area contributed by atoms with Crippen molar-refractivity contribution in [1.82, 2.24) is 10.2 Å². The first kappa shape index (κ1) is 14.9. The van der Waals surface area contributed by atoms with Gasteiger partial charge >= 0.3 is 0 Å². The van der Waals surface area contributed by atoms with Gasteiger partial charge in [-0.05, 0) is 33.4 Å². The second-order valence-electron chi connectivity index (χ2n) is 5.13. The second kappa shape index (κ2) is 7.31. The topological polar surface area (TPSA) is 33.7 Å². The van der Waals surface area contributed by atoms with Crippen LogP contribution in [0.4, 0.5) is 0 Å². The van der Waals surface area contributed by atoms with Crippen LogP contribution in [0.3, 0.4) is 0 Å². The highest BCUT2D eigenvalue weighted by Gasteiger charge is 2.40. The van der Waals surface area contributed by atoms with Gasteiger partial charge in [0.1, 0.15) is 0 Å². The maximum atomic E-state index is 5.46. The predicted octanol–water partition coefficient (Wildman–Crippen LogP) is 1.11. The highest BCUT2D eigenvalue weighted by molar-refractivity contribution is 5.00. The van der Waals surface area contributed by atoms with Crippen molar-refractivity contribution in [1.29, 1.82) is 0 Å². The van der Waals surface area contributed by atoms with Gasteiger partial charge in [0.25, 0.3) is 0 Å². The summed E-state index contributed by atoms with van der Waals surface area (Å²) in [6.45, 7) is 6.15. The first-order chi connectivity index (χ1) is 8.15. The molecule has 1 heterocycles. The Morgan fingerprint density at radius 1 is 1.47 bits per heavy atom. The van der Waals surface area contributed by atoms with E-state index in [0.717, 1.165) is 32.7 Å². The lowest BCUT2D eigenvalue weighted by molar-refractivity contribution is -0.0206. The number of nitrogens with one attached hydrogen (secondary N) is 1. The Labute approximate surface area is 106 Å². The van der Waals surface area contributed by atoms with Crippen molar-refractivity contribution >= 4 is 0 Å². The molecule has 0 amide bonds. The first-order valence-corrected chi connectivity index (χ1v) is 6.64. The molecule has 0 aromatic carbocycles. The van der Waals surface area contributed by atoms with Crippen molar-refractivity contribution in [2.75, 3.05) is 47.5 Å². The number of morpholine rings is 1. The third-order valence-electron chi connectivity index (χ3n) is 3.60. The van der Waals surface area contributed by atoms with E-state index in [2.05, 4.69) is 24.2 Å². The summed E-state index contributed by atoms with van der Waals surface area (Å²) in [7, 11) is 5.88. The number of ether oxygens (including phenoxy) is 2. The Balaban J connectivity index is 0.000000171. The summed E-state index contributed by atoms with van der Waals surface area (Å²) in [5.74, 6) is 0. The average molecular weight is 244 g/mol. The summed E-state index contributed by atoms with van der Waals surface area (Å²) in [5, 5.41) is 3.23. The molecule has 0 bridgehead atoms. The molecule has 1 atom stereocenters. The average Bonchev–Trinajstić information content (AvgIpc) is 3.11. The number of hydrogen-bond acceptors (Lipinski definition) is 4. The minimum absolute atomic E-state index is 0.370. The van der Waals surface area contributed by atoms with Crippen molar-refractivity contribution in [3.63, 3.8) is 0 Å². The van der Waals surface area contributed by atoms with Crippen molar-refractivity contribution < 1.29 is 9.47 Å². The van der Waals surface area contributed by atoms with E-state index in [1.165, 1.54) is 12.8 Å². The van der Waals surface area contributed by atoms with E-state index in [1.54, 1.807) is 7.11 Å². The van der Waals surface area contributed by atoms with Gasteiger partial charge in [-0.3, -0.25) is 0 Å². The highest BCUT2D eigenvalue weighted by Crippen LogP contribution is 2.34. The number of hydrogen-bond donors (Lipinski definition) is 1. The molecule has 0 radical (unpaired) electrons. The zero-order chi connectivity index (χ0) is 12.7. The molecule has 1 N–H and O–H groups in total. The van der Waals surface area contributed by atoms with E-state index >= 15 is 0 Å². The molecule has 2 rings (SSSR count). The fourth-order valence-corrected chi connectivity index (χ4v) is 2.01. The molecule has 4 heteroatoms. The number of methoxy groups -OCH3 is 1. The maximum absolute atomic E-state index is 5.46. The normalized spacial score (nSPS) is 27.2. The predicted molar refractivity (Wildman–Crippen MR) is 70.4 cm³/mol. The number of likely N-dealkylation sites (N-methyl/N-ethyl adjacent to an activating group) is 2. The quantitative estimate of drug-likeness (QED) is 0.803. The summed E-state index contributed by atoms with van der Waals surface area (Å²) in [6.07, 6.45) is 4.18. The van der Waals surface area contributed by atoms with Gasteiger partial charge in [0.2, 0.25) is 0 Å². The van der Waals surface area contributed by atoms with Gasteiger partial charge in [-0.2, -0.15) is 0 Å². The van der Waals surface area contributed by atoms with E-state index in [0.29, 0.717) is 11.6 Å². The standard InChI is InChI=1S/C7H15NO.C6H13NO/c1-3-7-6-8(2)4-5-9-7;1-7-6(3-4-6)5-8-2/h7H,3-6H2,1-2H3;7H,3-5H2,1-2H3. The van der Waals surface area contributed by atoms with Crippen LogP contribution in [0.5, 0.6) is 0 Å². The van der Waals surface area contributed by atoms with E-state index < -0.39 is 0 Å². The summed E-state index contributed by atoms with van der Waals surface area (Å²) >= 11 is 0. The van der Waals surface area contributed by atoms with Crippen LogP contribution in [0.25, 0.3) is 0 Å². The van der Waals surface area contributed by atoms with Crippen LogP contribution < -0.4 is 5.32 Å². The maximum Gasteiger partial charge on any atom is 0.0699 e. The van der Waals surface area contributed by atoms with Crippen LogP contribution >= 0.6 is 0 Å². The van der Waals surface area contributed by atoms with Crippen LogP contribution in [-0.2, 0) is 9.47 Å². The van der Waals surface area contributed by atoms with Gasteiger partial charge in [-0.15, -0.1) is 0 Å². The van der Waals surface area contributed by atoms with Crippen LogP contribution in [0, 0.1) is 0 Å². The van der Waals surface area contributed by atoms with Crippen molar-refractivity contribution in [3.8, 4) is 0 Å². The summed E-state index contributed by atoms with van der Waals surface area (Å²) in [6, 6.07) is 0. The van der Waals surface area contributed by atoms with E-state index in [1.807, 2.05) is 7.05 Å². The van der Waals surface area contributed by atoms with Gasteiger partial charge in [0.05, 0.1) is 19.3 Å². The van der Waals surface area contributed by atoms with Crippen molar-refractivity contribution in [2.45, 2.75) is 37.8 Å². The minimum atomic E-state index is 0.370. The lowest BCUT2D eigenvalue weighted by Crippen LogP contribution is -2.39. The molecule has 2 aliphatic rings. The molecule has 0 aromatic rings. The first-order valence-electron chi connectivity index (χ1n) is 6.64. The Hall–Kier alpha value is -0.160. The van der Waals surface area contributed by atoms with Crippen molar-refractivity contribution in [3.05, 3.63) is 0 Å². The molecule has 0 spiro atoms. The minimum Gasteiger partial charge on any atom is -0.383 e. The largest absolute Gasteiger partial charge is 0.383 e. The van der Waals surface area contributed by atoms with E-state index in [4.69, 9.17) is 9.47 Å². The van der Waals surface area contributed by atoms with Crippen molar-refractivity contribution in [2.24, 2.45) is 0 Å². The Bertz CT molecular complexity index is 208. The number of nitrogens with zero attached hydrogens (tertiary/aromatic N) is 1. The third kappa shape index (κ3) is 5.34. The molecule has 2 fully saturated rings. The lowest BCUT2D eigenvalue weighted by atomic mass is 10.2. The van der Waals surface area contributed by atoms with Crippen LogP contribution in [-0.4, -0.2) is 64.1 Å². The van der Waals surface area contributed by atoms with E-state index in [9.17, 15) is 0 Å². The fourth-order valence-electron chi connectivity index (χ4n) is 2.01. The van der Waals surface area contributed by atoms with Gasteiger partial charge in [0.15, 0.2) is 0 Å². The second-order valence-corrected chi connectivity index (χ2v) is 5.13. The number of rotatable bonds is 4. The van der Waals surface area contributed by atoms with Gasteiger partial charge in [0, 0.05) is 25.7 Å². The molecule has 1 saturated heterocycles. The molecule has 4 nitrogen and oxygen atoms in total. The van der Waals surface area contributed by atoms with Crippen LogP contribution in [0.1, 0.15) is 26.2 Å². The Morgan fingerprint density at radius 2 is 2.18 bits per heavy atom. The van der Waals surface area contributed by atoms with E-state index in [-0.39, 0.29) is 0 Å². The Morgan fingerprint density at radius 3 is 2.47 bits per heavy atom.